The molecule has 0 saturated heterocycles. The molecule has 0 amide bonds. The smallest absolute Gasteiger partial charge is 0.316 e. The van der Waals surface area contributed by atoms with Crippen molar-refractivity contribution in [1.82, 2.24) is 24.6 Å². The number of nitrogens with one attached hydrogen (secondary N) is 1. The van der Waals surface area contributed by atoms with Gasteiger partial charge in [-0.1, -0.05) is 30.3 Å². The third-order valence-corrected chi connectivity index (χ3v) is 4.40. The Morgan fingerprint density at radius 3 is 2.62 bits per heavy atom. The maximum absolute atomic E-state index is 4.99. The summed E-state index contributed by atoms with van der Waals surface area (Å²) >= 11 is 3.51. The van der Waals surface area contributed by atoms with E-state index < -0.39 is 0 Å². The van der Waals surface area contributed by atoms with Crippen molar-refractivity contribution in [3.05, 3.63) is 65.0 Å². The van der Waals surface area contributed by atoms with Crippen molar-refractivity contribution in [2.24, 2.45) is 0 Å². The van der Waals surface area contributed by atoms with Gasteiger partial charge in [-0.2, -0.15) is 9.61 Å². The van der Waals surface area contributed by atoms with Gasteiger partial charge in [0.25, 0.3) is 0 Å². The number of aromatic nitrogens is 5. The van der Waals surface area contributed by atoms with Gasteiger partial charge in [0, 0.05) is 36.1 Å². The molecule has 0 aliphatic rings. The van der Waals surface area contributed by atoms with Gasteiger partial charge in [-0.15, -0.1) is 0 Å². The van der Waals surface area contributed by atoms with Crippen molar-refractivity contribution >= 4 is 27.4 Å². The van der Waals surface area contributed by atoms with Crippen molar-refractivity contribution in [2.45, 2.75) is 6.54 Å². The van der Waals surface area contributed by atoms with Gasteiger partial charge in [0.1, 0.15) is 5.82 Å². The van der Waals surface area contributed by atoms with E-state index in [4.69, 9.17) is 9.72 Å². The Balaban J connectivity index is 1.68. The molecule has 4 rings (SSSR count). The summed E-state index contributed by atoms with van der Waals surface area (Å²) in [6.45, 7) is 0.550. The first kappa shape index (κ1) is 16.5. The zero-order valence-electron chi connectivity index (χ0n) is 13.9. The molecule has 4 aromatic rings. The molecule has 0 unspecified atom stereocenters. The van der Waals surface area contributed by atoms with E-state index in [2.05, 4.69) is 36.3 Å². The third-order valence-electron chi connectivity index (χ3n) is 3.84. The van der Waals surface area contributed by atoms with Crippen molar-refractivity contribution in [1.29, 1.82) is 0 Å². The van der Waals surface area contributed by atoms with E-state index in [0.29, 0.717) is 12.6 Å². The predicted molar refractivity (Wildman–Crippen MR) is 102 cm³/mol. The molecule has 0 fully saturated rings. The Morgan fingerprint density at radius 2 is 1.88 bits per heavy atom. The fourth-order valence-electron chi connectivity index (χ4n) is 2.55. The largest absolute Gasteiger partial charge is 0.467 e. The Bertz CT molecular complexity index is 1030. The monoisotopic (exact) mass is 410 g/mol. The molecule has 7 nitrogen and oxygen atoms in total. The zero-order chi connectivity index (χ0) is 17.9. The van der Waals surface area contributed by atoms with Crippen LogP contribution in [0.2, 0.25) is 0 Å². The third kappa shape index (κ3) is 3.23. The fourth-order valence-corrected chi connectivity index (χ4v) is 2.90. The second-order valence-electron chi connectivity index (χ2n) is 5.55. The molecule has 8 heteroatoms. The Kier molecular flexibility index (Phi) is 4.49. The van der Waals surface area contributed by atoms with Crippen LogP contribution in [0.25, 0.3) is 16.9 Å². The molecule has 1 N–H and O–H groups in total. The van der Waals surface area contributed by atoms with Crippen LogP contribution in [0.3, 0.4) is 0 Å². The molecule has 26 heavy (non-hydrogen) atoms. The number of benzene rings is 1. The van der Waals surface area contributed by atoms with Gasteiger partial charge in [-0.05, 0) is 15.9 Å². The van der Waals surface area contributed by atoms with Crippen LogP contribution < -0.4 is 10.1 Å². The fraction of sp³-hybridized carbons (Fsp3) is 0.111. The lowest BCUT2D eigenvalue weighted by Gasteiger charge is -2.11. The van der Waals surface area contributed by atoms with Crippen molar-refractivity contribution < 1.29 is 4.74 Å². The van der Waals surface area contributed by atoms with Crippen LogP contribution in [0.5, 0.6) is 6.01 Å². The minimum atomic E-state index is 0.349. The molecular formula is C18H15BrN6O. The number of ether oxygens (including phenoxy) is 1. The molecule has 0 bridgehead atoms. The van der Waals surface area contributed by atoms with Crippen molar-refractivity contribution in [3.63, 3.8) is 0 Å². The first-order chi connectivity index (χ1) is 12.7. The molecule has 0 radical (unpaired) electrons. The van der Waals surface area contributed by atoms with Gasteiger partial charge in [-0.3, -0.25) is 0 Å². The maximum atomic E-state index is 4.99. The second-order valence-corrected chi connectivity index (χ2v) is 6.41. The van der Waals surface area contributed by atoms with Crippen LogP contribution in [0, 0.1) is 0 Å². The van der Waals surface area contributed by atoms with Gasteiger partial charge >= 0.3 is 6.01 Å². The number of fused-ring (bicyclic) bond motifs is 1. The minimum Gasteiger partial charge on any atom is -0.467 e. The van der Waals surface area contributed by atoms with E-state index in [1.165, 1.54) is 0 Å². The highest BCUT2D eigenvalue weighted by molar-refractivity contribution is 9.10. The number of hydrogen-bond donors (Lipinski definition) is 1. The van der Waals surface area contributed by atoms with Crippen LogP contribution in [0.1, 0.15) is 5.56 Å². The molecule has 0 spiro atoms. The lowest BCUT2D eigenvalue weighted by molar-refractivity contribution is 0.379. The topological polar surface area (TPSA) is 77.2 Å². The first-order valence-electron chi connectivity index (χ1n) is 7.93. The quantitative estimate of drug-likeness (QED) is 0.541. The Morgan fingerprint density at radius 1 is 1.12 bits per heavy atom. The van der Waals surface area contributed by atoms with E-state index >= 15 is 0 Å². The van der Waals surface area contributed by atoms with Crippen molar-refractivity contribution in [2.75, 3.05) is 12.4 Å². The van der Waals surface area contributed by atoms with E-state index in [-0.39, 0.29) is 0 Å². The molecule has 0 aliphatic carbocycles. The zero-order valence-corrected chi connectivity index (χ0v) is 15.5. The Hall–Kier alpha value is -3.00. The van der Waals surface area contributed by atoms with Gasteiger partial charge in [0.2, 0.25) is 0 Å². The SMILES string of the molecule is COc1ncc(CNc2cc(-c3ccccc3)nc3c(Br)cnn23)cn1. The lowest BCUT2D eigenvalue weighted by atomic mass is 10.1. The Labute approximate surface area is 158 Å². The summed E-state index contributed by atoms with van der Waals surface area (Å²) in [7, 11) is 1.54. The molecule has 130 valence electrons. The first-order valence-corrected chi connectivity index (χ1v) is 8.72. The van der Waals surface area contributed by atoms with E-state index in [1.807, 2.05) is 36.4 Å². The average molecular weight is 411 g/mol. The lowest BCUT2D eigenvalue weighted by Crippen LogP contribution is -2.07. The average Bonchev–Trinajstić information content (AvgIpc) is 3.08. The molecule has 0 saturated carbocycles. The number of rotatable bonds is 5. The summed E-state index contributed by atoms with van der Waals surface area (Å²) in [6.07, 6.45) is 5.20. The van der Waals surface area contributed by atoms with Gasteiger partial charge in [0.05, 0.1) is 23.5 Å². The summed E-state index contributed by atoms with van der Waals surface area (Å²) in [5.41, 5.74) is 3.59. The number of anilines is 1. The number of halogens is 1. The van der Waals surface area contributed by atoms with Crippen LogP contribution >= 0.6 is 15.9 Å². The van der Waals surface area contributed by atoms with Crippen LogP contribution in [0.15, 0.2) is 59.5 Å². The van der Waals surface area contributed by atoms with E-state index in [1.54, 1.807) is 30.2 Å². The molecule has 3 aromatic heterocycles. The maximum Gasteiger partial charge on any atom is 0.316 e. The highest BCUT2D eigenvalue weighted by atomic mass is 79.9. The highest BCUT2D eigenvalue weighted by Gasteiger charge is 2.11. The number of methoxy groups -OCH3 is 1. The minimum absolute atomic E-state index is 0.349. The van der Waals surface area contributed by atoms with Gasteiger partial charge in [-0.25, -0.2) is 15.0 Å². The predicted octanol–water partition coefficient (Wildman–Crippen LogP) is 3.57. The molecule has 0 aliphatic heterocycles. The summed E-state index contributed by atoms with van der Waals surface area (Å²) in [5.74, 6) is 0.829. The standard InChI is InChI=1S/C18H15BrN6O/c1-26-18-21-9-12(10-22-18)8-20-16-7-15(13-5-3-2-4-6-13)24-17-14(19)11-23-25(16)17/h2-7,9-11,20H,8H2,1H3. The number of hydrogen-bond acceptors (Lipinski definition) is 6. The number of nitrogens with zero attached hydrogens (tertiary/aromatic N) is 5. The summed E-state index contributed by atoms with van der Waals surface area (Å²) in [5, 5.41) is 7.77. The normalized spacial score (nSPS) is 10.8. The summed E-state index contributed by atoms with van der Waals surface area (Å²) in [6, 6.07) is 12.4. The van der Waals surface area contributed by atoms with E-state index in [9.17, 15) is 0 Å². The summed E-state index contributed by atoms with van der Waals surface area (Å²) < 4.78 is 7.59. The highest BCUT2D eigenvalue weighted by Crippen LogP contribution is 2.26. The van der Waals surface area contributed by atoms with Crippen LogP contribution in [-0.4, -0.2) is 31.7 Å². The van der Waals surface area contributed by atoms with E-state index in [0.717, 1.165) is 32.8 Å². The van der Waals surface area contributed by atoms with Crippen LogP contribution in [0.4, 0.5) is 5.82 Å². The van der Waals surface area contributed by atoms with Crippen molar-refractivity contribution in [3.8, 4) is 17.3 Å². The molecule has 1 aromatic carbocycles. The molecule has 0 atom stereocenters. The molecular weight excluding hydrogens is 396 g/mol. The van der Waals surface area contributed by atoms with Gasteiger partial charge in [0.15, 0.2) is 5.65 Å². The second kappa shape index (κ2) is 7.09. The molecule has 3 heterocycles. The van der Waals surface area contributed by atoms with Gasteiger partial charge < -0.3 is 10.1 Å². The van der Waals surface area contributed by atoms with Crippen LogP contribution in [-0.2, 0) is 6.54 Å². The summed E-state index contributed by atoms with van der Waals surface area (Å²) in [4.78, 5) is 13.0.